The number of morpholine rings is 1. The SMILES string of the molecule is C[C@H](Sc1nc2ncc(Cl)cc2[nH]1)C(=O)Nc1ccc(N2CCOCC2)cc1. The number of hydrogen-bond donors (Lipinski definition) is 2. The van der Waals surface area contributed by atoms with Gasteiger partial charge in [-0.15, -0.1) is 0 Å². The fourth-order valence-electron chi connectivity index (χ4n) is 2.95. The summed E-state index contributed by atoms with van der Waals surface area (Å²) < 4.78 is 5.38. The van der Waals surface area contributed by atoms with Crippen LogP contribution < -0.4 is 10.2 Å². The zero-order valence-electron chi connectivity index (χ0n) is 15.3. The van der Waals surface area contributed by atoms with Crippen molar-refractivity contribution in [2.45, 2.75) is 17.3 Å². The van der Waals surface area contributed by atoms with Crippen molar-refractivity contribution in [3.63, 3.8) is 0 Å². The first kappa shape index (κ1) is 19.0. The summed E-state index contributed by atoms with van der Waals surface area (Å²) in [7, 11) is 0. The van der Waals surface area contributed by atoms with Crippen molar-refractivity contribution in [3.8, 4) is 0 Å². The maximum Gasteiger partial charge on any atom is 0.237 e. The van der Waals surface area contributed by atoms with Crippen LogP contribution in [-0.2, 0) is 9.53 Å². The molecule has 1 amide bonds. The quantitative estimate of drug-likeness (QED) is 0.617. The van der Waals surface area contributed by atoms with Gasteiger partial charge in [0.2, 0.25) is 5.91 Å². The second-order valence-electron chi connectivity index (χ2n) is 6.46. The number of thioether (sulfide) groups is 1. The number of halogens is 1. The number of aromatic nitrogens is 3. The van der Waals surface area contributed by atoms with Gasteiger partial charge in [0.1, 0.15) is 0 Å². The van der Waals surface area contributed by atoms with Crippen molar-refractivity contribution < 1.29 is 9.53 Å². The van der Waals surface area contributed by atoms with E-state index in [1.54, 1.807) is 12.3 Å². The number of aromatic amines is 1. The van der Waals surface area contributed by atoms with Crippen molar-refractivity contribution in [2.24, 2.45) is 0 Å². The highest BCUT2D eigenvalue weighted by Gasteiger charge is 2.18. The first-order chi connectivity index (χ1) is 13.6. The minimum absolute atomic E-state index is 0.0874. The highest BCUT2D eigenvalue weighted by molar-refractivity contribution is 8.00. The Morgan fingerprint density at radius 3 is 2.82 bits per heavy atom. The molecule has 146 valence electrons. The molecule has 3 aromatic rings. The van der Waals surface area contributed by atoms with E-state index in [-0.39, 0.29) is 11.2 Å². The van der Waals surface area contributed by atoms with Gasteiger partial charge in [-0.05, 0) is 37.3 Å². The summed E-state index contributed by atoms with van der Waals surface area (Å²) in [6.07, 6.45) is 1.55. The highest BCUT2D eigenvalue weighted by atomic mass is 35.5. The van der Waals surface area contributed by atoms with Gasteiger partial charge in [0.15, 0.2) is 10.8 Å². The largest absolute Gasteiger partial charge is 0.378 e. The van der Waals surface area contributed by atoms with Crippen LogP contribution in [0.5, 0.6) is 0 Å². The number of hydrogen-bond acceptors (Lipinski definition) is 6. The van der Waals surface area contributed by atoms with E-state index in [0.29, 0.717) is 15.8 Å². The maximum atomic E-state index is 12.5. The second kappa shape index (κ2) is 8.38. The van der Waals surface area contributed by atoms with Crippen LogP contribution >= 0.6 is 23.4 Å². The number of H-pyrrole nitrogens is 1. The molecule has 1 aliphatic heterocycles. The summed E-state index contributed by atoms with van der Waals surface area (Å²) in [5, 5.41) is 3.80. The number of carbonyl (C=O) groups excluding carboxylic acids is 1. The summed E-state index contributed by atoms with van der Waals surface area (Å²) in [6.45, 7) is 5.11. The van der Waals surface area contributed by atoms with E-state index in [1.807, 2.05) is 31.2 Å². The van der Waals surface area contributed by atoms with Crippen molar-refractivity contribution in [2.75, 3.05) is 36.5 Å². The lowest BCUT2D eigenvalue weighted by molar-refractivity contribution is -0.115. The molecule has 0 bridgehead atoms. The van der Waals surface area contributed by atoms with E-state index in [2.05, 4.69) is 25.2 Å². The molecule has 0 saturated carbocycles. The topological polar surface area (TPSA) is 83.1 Å². The molecule has 2 N–H and O–H groups in total. The van der Waals surface area contributed by atoms with Gasteiger partial charge in [-0.2, -0.15) is 0 Å². The van der Waals surface area contributed by atoms with Crippen LogP contribution in [0.25, 0.3) is 11.2 Å². The predicted molar refractivity (Wildman–Crippen MR) is 112 cm³/mol. The van der Waals surface area contributed by atoms with Gasteiger partial charge in [-0.1, -0.05) is 23.4 Å². The summed E-state index contributed by atoms with van der Waals surface area (Å²) >= 11 is 7.29. The molecule has 3 heterocycles. The zero-order valence-corrected chi connectivity index (χ0v) is 16.9. The summed E-state index contributed by atoms with van der Waals surface area (Å²) in [5.74, 6) is -0.0874. The third kappa shape index (κ3) is 4.40. The standard InChI is InChI=1S/C19H20ClN5O2S/c1-12(28-19-23-16-10-13(20)11-21-17(16)24-19)18(26)22-14-2-4-15(5-3-14)25-6-8-27-9-7-25/h2-5,10-12H,6-9H2,1H3,(H,22,26)(H,21,23,24)/t12-/m0/s1. The van der Waals surface area contributed by atoms with E-state index in [1.165, 1.54) is 11.8 Å². The van der Waals surface area contributed by atoms with Crippen molar-refractivity contribution in [1.29, 1.82) is 0 Å². The molecular formula is C19H20ClN5O2S. The molecule has 1 aliphatic rings. The van der Waals surface area contributed by atoms with Gasteiger partial charge in [0.25, 0.3) is 0 Å². The molecule has 0 radical (unpaired) electrons. The van der Waals surface area contributed by atoms with E-state index in [0.717, 1.165) is 43.2 Å². The smallest absolute Gasteiger partial charge is 0.237 e. The first-order valence-electron chi connectivity index (χ1n) is 9.00. The Morgan fingerprint density at radius 2 is 2.07 bits per heavy atom. The predicted octanol–water partition coefficient (Wildman–Crippen LogP) is 3.57. The Labute approximate surface area is 171 Å². The summed E-state index contributed by atoms with van der Waals surface area (Å²) in [5.41, 5.74) is 3.24. The fourth-order valence-corrected chi connectivity index (χ4v) is 3.92. The number of nitrogens with one attached hydrogen (secondary N) is 2. The number of rotatable bonds is 5. The first-order valence-corrected chi connectivity index (χ1v) is 10.3. The monoisotopic (exact) mass is 417 g/mol. The molecule has 0 spiro atoms. The van der Waals surface area contributed by atoms with Crippen molar-refractivity contribution >= 4 is 51.8 Å². The van der Waals surface area contributed by atoms with Gasteiger partial charge in [-0.25, -0.2) is 9.97 Å². The van der Waals surface area contributed by atoms with Crippen molar-refractivity contribution in [1.82, 2.24) is 15.0 Å². The second-order valence-corrected chi connectivity index (χ2v) is 8.23. The minimum atomic E-state index is -0.324. The van der Waals surface area contributed by atoms with Crippen LogP contribution in [0.3, 0.4) is 0 Å². The molecule has 0 aliphatic carbocycles. The molecule has 0 unspecified atom stereocenters. The van der Waals surface area contributed by atoms with Crippen LogP contribution in [0, 0.1) is 0 Å². The number of ether oxygens (including phenoxy) is 1. The molecule has 9 heteroatoms. The number of fused-ring (bicyclic) bond motifs is 1. The lowest BCUT2D eigenvalue weighted by Crippen LogP contribution is -2.36. The zero-order chi connectivity index (χ0) is 19.5. The molecule has 7 nitrogen and oxygen atoms in total. The molecule has 4 rings (SSSR count). The number of amides is 1. The molecule has 1 saturated heterocycles. The number of pyridine rings is 1. The van der Waals surface area contributed by atoms with E-state index in [9.17, 15) is 4.79 Å². The number of imidazole rings is 1. The Bertz CT molecular complexity index is 972. The molecular weight excluding hydrogens is 398 g/mol. The lowest BCUT2D eigenvalue weighted by atomic mass is 10.2. The lowest BCUT2D eigenvalue weighted by Gasteiger charge is -2.28. The van der Waals surface area contributed by atoms with Crippen molar-refractivity contribution in [3.05, 3.63) is 41.6 Å². The average molecular weight is 418 g/mol. The molecule has 1 atom stereocenters. The number of benzene rings is 1. The Hall–Kier alpha value is -2.29. The summed E-state index contributed by atoms with van der Waals surface area (Å²) in [4.78, 5) is 26.5. The van der Waals surface area contributed by atoms with Gasteiger partial charge in [0, 0.05) is 30.7 Å². The molecule has 28 heavy (non-hydrogen) atoms. The average Bonchev–Trinajstić information content (AvgIpc) is 3.10. The third-order valence-electron chi connectivity index (χ3n) is 4.45. The molecule has 2 aromatic heterocycles. The Balaban J connectivity index is 1.36. The van der Waals surface area contributed by atoms with Gasteiger partial charge >= 0.3 is 0 Å². The molecule has 1 aromatic carbocycles. The van der Waals surface area contributed by atoms with E-state index < -0.39 is 0 Å². The van der Waals surface area contributed by atoms with Gasteiger partial charge < -0.3 is 19.9 Å². The normalized spacial score (nSPS) is 15.6. The van der Waals surface area contributed by atoms with Crippen LogP contribution in [0.1, 0.15) is 6.92 Å². The van der Waals surface area contributed by atoms with Crippen LogP contribution in [0.4, 0.5) is 11.4 Å². The summed E-state index contributed by atoms with van der Waals surface area (Å²) in [6, 6.07) is 9.66. The maximum absolute atomic E-state index is 12.5. The van der Waals surface area contributed by atoms with Gasteiger partial charge in [-0.3, -0.25) is 4.79 Å². The van der Waals surface area contributed by atoms with E-state index in [4.69, 9.17) is 16.3 Å². The molecule has 1 fully saturated rings. The third-order valence-corrected chi connectivity index (χ3v) is 5.64. The Kier molecular flexibility index (Phi) is 5.70. The van der Waals surface area contributed by atoms with Crippen LogP contribution in [0.15, 0.2) is 41.7 Å². The van der Waals surface area contributed by atoms with Gasteiger partial charge in [0.05, 0.1) is 29.0 Å². The Morgan fingerprint density at radius 1 is 1.32 bits per heavy atom. The van der Waals surface area contributed by atoms with Crippen LogP contribution in [0.2, 0.25) is 5.02 Å². The van der Waals surface area contributed by atoms with E-state index >= 15 is 0 Å². The number of anilines is 2. The fraction of sp³-hybridized carbons (Fsp3) is 0.316. The number of nitrogens with zero attached hydrogens (tertiary/aromatic N) is 3. The van der Waals surface area contributed by atoms with Crippen LogP contribution in [-0.4, -0.2) is 52.4 Å². The highest BCUT2D eigenvalue weighted by Crippen LogP contribution is 2.25. The number of carbonyl (C=O) groups is 1. The minimum Gasteiger partial charge on any atom is -0.378 e.